The number of carbonyl (C=O) groups excluding carboxylic acids is 1. The molecule has 2 N–H and O–H groups in total. The quantitative estimate of drug-likeness (QED) is 0.404. The number of carbonyl (C=O) groups is 1. The molecule has 0 aliphatic rings. The number of sulfonamides is 1. The van der Waals surface area contributed by atoms with Crippen LogP contribution in [0.5, 0.6) is 23.0 Å². The smallest absolute Gasteiger partial charge is 0.261 e. The average Bonchev–Trinajstić information content (AvgIpc) is 2.87. The highest BCUT2D eigenvalue weighted by Gasteiger charge is 2.16. The average molecular weight is 499 g/mol. The summed E-state index contributed by atoms with van der Waals surface area (Å²) in [6.45, 7) is 0. The molecule has 0 atom stereocenters. The normalized spacial score (nSPS) is 11.1. The van der Waals surface area contributed by atoms with Crippen molar-refractivity contribution in [2.24, 2.45) is 0 Å². The lowest BCUT2D eigenvalue weighted by atomic mass is 10.1. The molecule has 9 nitrogen and oxygen atoms in total. The number of methoxy groups -OCH3 is 4. The lowest BCUT2D eigenvalue weighted by molar-refractivity contribution is -0.111. The number of rotatable bonds is 10. The van der Waals surface area contributed by atoms with E-state index in [1.54, 1.807) is 42.5 Å². The zero-order chi connectivity index (χ0) is 25.4. The summed E-state index contributed by atoms with van der Waals surface area (Å²) in [7, 11) is 2.24. The first-order chi connectivity index (χ1) is 16.8. The van der Waals surface area contributed by atoms with Gasteiger partial charge in [-0.2, -0.15) is 0 Å². The second-order valence-corrected chi connectivity index (χ2v) is 8.79. The van der Waals surface area contributed by atoms with E-state index in [-0.39, 0.29) is 4.90 Å². The van der Waals surface area contributed by atoms with Crippen LogP contribution in [0.25, 0.3) is 6.08 Å². The molecule has 184 valence electrons. The molecule has 0 fully saturated rings. The molecule has 0 unspecified atom stereocenters. The van der Waals surface area contributed by atoms with Gasteiger partial charge in [0.1, 0.15) is 5.75 Å². The number of hydrogen-bond acceptors (Lipinski definition) is 7. The largest absolute Gasteiger partial charge is 0.497 e. The molecule has 0 bridgehead atoms. The number of nitrogens with one attached hydrogen (secondary N) is 2. The van der Waals surface area contributed by atoms with Gasteiger partial charge >= 0.3 is 0 Å². The van der Waals surface area contributed by atoms with E-state index in [9.17, 15) is 13.2 Å². The Morgan fingerprint density at radius 1 is 0.743 bits per heavy atom. The first-order valence-electron chi connectivity index (χ1n) is 10.4. The van der Waals surface area contributed by atoms with Crippen LogP contribution in [0.2, 0.25) is 0 Å². The molecule has 0 radical (unpaired) electrons. The summed E-state index contributed by atoms with van der Waals surface area (Å²) in [5.41, 5.74) is 1.45. The van der Waals surface area contributed by atoms with Gasteiger partial charge in [-0.3, -0.25) is 9.52 Å². The van der Waals surface area contributed by atoms with Gasteiger partial charge in [0.25, 0.3) is 10.0 Å². The summed E-state index contributed by atoms with van der Waals surface area (Å²) in [6, 6.07) is 15.8. The van der Waals surface area contributed by atoms with E-state index in [0.717, 1.165) is 0 Å². The maximum Gasteiger partial charge on any atom is 0.261 e. The highest BCUT2D eigenvalue weighted by Crippen LogP contribution is 2.40. The van der Waals surface area contributed by atoms with Crippen LogP contribution in [-0.4, -0.2) is 42.8 Å². The second kappa shape index (κ2) is 11.3. The van der Waals surface area contributed by atoms with Crippen LogP contribution >= 0.6 is 0 Å². The third kappa shape index (κ3) is 6.24. The maximum absolute atomic E-state index is 12.6. The van der Waals surface area contributed by atoms with Crippen molar-refractivity contribution in [3.05, 3.63) is 72.3 Å². The van der Waals surface area contributed by atoms with Gasteiger partial charge in [0, 0.05) is 23.0 Å². The standard InChI is InChI=1S/C25H26N2O7S/c1-31-20-11-7-19(8-12-20)27-35(29,30)21-13-9-18(10-14-21)26-23(28)16-6-17-5-15-22(32-2)25(34-4)24(17)33-3/h5-16,27H,1-4H3,(H,26,28)/b16-6+. The molecule has 0 saturated carbocycles. The number of anilines is 2. The predicted octanol–water partition coefficient (Wildman–Crippen LogP) is 4.17. The van der Waals surface area contributed by atoms with E-state index in [1.165, 1.54) is 58.8 Å². The van der Waals surface area contributed by atoms with Crippen molar-refractivity contribution in [3.8, 4) is 23.0 Å². The molecule has 35 heavy (non-hydrogen) atoms. The first kappa shape index (κ1) is 25.4. The summed E-state index contributed by atoms with van der Waals surface area (Å²) in [5.74, 6) is 1.55. The SMILES string of the molecule is COc1ccc(NS(=O)(=O)c2ccc(NC(=O)/C=C/c3ccc(OC)c(OC)c3OC)cc2)cc1. The van der Waals surface area contributed by atoms with Gasteiger partial charge in [-0.05, 0) is 66.7 Å². The van der Waals surface area contributed by atoms with E-state index in [4.69, 9.17) is 18.9 Å². The fraction of sp³-hybridized carbons (Fsp3) is 0.160. The van der Waals surface area contributed by atoms with E-state index >= 15 is 0 Å². The van der Waals surface area contributed by atoms with Crippen LogP contribution in [0.1, 0.15) is 5.56 Å². The zero-order valence-electron chi connectivity index (χ0n) is 19.7. The van der Waals surface area contributed by atoms with Gasteiger partial charge in [-0.1, -0.05) is 0 Å². The molecule has 3 rings (SSSR count). The fourth-order valence-electron chi connectivity index (χ4n) is 3.20. The van der Waals surface area contributed by atoms with Crippen LogP contribution in [-0.2, 0) is 14.8 Å². The lowest BCUT2D eigenvalue weighted by Crippen LogP contribution is -2.13. The van der Waals surface area contributed by atoms with Gasteiger partial charge in [-0.25, -0.2) is 8.42 Å². The van der Waals surface area contributed by atoms with Crippen LogP contribution < -0.4 is 29.0 Å². The number of benzene rings is 3. The fourth-order valence-corrected chi connectivity index (χ4v) is 4.25. The van der Waals surface area contributed by atoms with Crippen molar-refractivity contribution in [2.75, 3.05) is 38.5 Å². The molecule has 1 amide bonds. The Morgan fingerprint density at radius 3 is 1.94 bits per heavy atom. The number of amides is 1. The Bertz CT molecular complexity index is 1300. The summed E-state index contributed by atoms with van der Waals surface area (Å²) in [5, 5.41) is 2.69. The van der Waals surface area contributed by atoms with E-state index < -0.39 is 15.9 Å². The third-order valence-electron chi connectivity index (χ3n) is 4.92. The summed E-state index contributed by atoms with van der Waals surface area (Å²) < 4.78 is 48.8. The predicted molar refractivity (Wildman–Crippen MR) is 134 cm³/mol. The lowest BCUT2D eigenvalue weighted by Gasteiger charge is -2.14. The van der Waals surface area contributed by atoms with Crippen molar-refractivity contribution in [1.82, 2.24) is 0 Å². The van der Waals surface area contributed by atoms with Gasteiger partial charge < -0.3 is 24.3 Å². The minimum Gasteiger partial charge on any atom is -0.497 e. The van der Waals surface area contributed by atoms with Gasteiger partial charge in [0.15, 0.2) is 11.5 Å². The molecular formula is C25H26N2O7S. The molecule has 0 aliphatic heterocycles. The van der Waals surface area contributed by atoms with Crippen molar-refractivity contribution < 1.29 is 32.2 Å². The minimum absolute atomic E-state index is 0.0527. The number of ether oxygens (including phenoxy) is 4. The van der Waals surface area contributed by atoms with Crippen molar-refractivity contribution in [2.45, 2.75) is 4.90 Å². The molecule has 0 aromatic heterocycles. The minimum atomic E-state index is -3.80. The van der Waals surface area contributed by atoms with E-state index in [2.05, 4.69) is 10.0 Å². The van der Waals surface area contributed by atoms with Crippen LogP contribution in [0, 0.1) is 0 Å². The Balaban J connectivity index is 1.68. The molecular weight excluding hydrogens is 472 g/mol. The monoisotopic (exact) mass is 498 g/mol. The molecule has 10 heteroatoms. The zero-order valence-corrected chi connectivity index (χ0v) is 20.5. The van der Waals surface area contributed by atoms with Gasteiger partial charge in [0.2, 0.25) is 11.7 Å². The second-order valence-electron chi connectivity index (χ2n) is 7.10. The molecule has 0 aliphatic carbocycles. The molecule has 0 heterocycles. The van der Waals surface area contributed by atoms with Crippen molar-refractivity contribution in [3.63, 3.8) is 0 Å². The molecule has 3 aromatic rings. The first-order valence-corrected chi connectivity index (χ1v) is 11.8. The van der Waals surface area contributed by atoms with Crippen molar-refractivity contribution >= 4 is 33.4 Å². The third-order valence-corrected chi connectivity index (χ3v) is 6.32. The highest BCUT2D eigenvalue weighted by molar-refractivity contribution is 7.92. The van der Waals surface area contributed by atoms with Gasteiger partial charge in [-0.15, -0.1) is 0 Å². The van der Waals surface area contributed by atoms with Crippen LogP contribution in [0.15, 0.2) is 71.6 Å². The number of hydrogen-bond donors (Lipinski definition) is 2. The molecule has 3 aromatic carbocycles. The Labute approximate surface area is 204 Å². The summed E-state index contributed by atoms with van der Waals surface area (Å²) in [6.07, 6.45) is 2.91. The topological polar surface area (TPSA) is 112 Å². The van der Waals surface area contributed by atoms with E-state index in [1.807, 2.05) is 0 Å². The van der Waals surface area contributed by atoms with Crippen molar-refractivity contribution in [1.29, 1.82) is 0 Å². The van der Waals surface area contributed by atoms with E-state index in [0.29, 0.717) is 39.9 Å². The highest BCUT2D eigenvalue weighted by atomic mass is 32.2. The molecule has 0 saturated heterocycles. The summed E-state index contributed by atoms with van der Waals surface area (Å²) >= 11 is 0. The molecule has 0 spiro atoms. The van der Waals surface area contributed by atoms with Gasteiger partial charge in [0.05, 0.1) is 33.3 Å². The van der Waals surface area contributed by atoms with Crippen LogP contribution in [0.4, 0.5) is 11.4 Å². The Hall–Kier alpha value is -4.18. The Morgan fingerprint density at radius 2 is 1.37 bits per heavy atom. The van der Waals surface area contributed by atoms with Crippen LogP contribution in [0.3, 0.4) is 0 Å². The maximum atomic E-state index is 12.6. The summed E-state index contributed by atoms with van der Waals surface area (Å²) in [4.78, 5) is 12.5. The Kier molecular flexibility index (Phi) is 8.21.